The van der Waals surface area contributed by atoms with Crippen LogP contribution in [0.5, 0.6) is 0 Å². The molecule has 4 N–H and O–H groups in total. The van der Waals surface area contributed by atoms with Crippen molar-refractivity contribution in [1.82, 2.24) is 14.5 Å². The lowest BCUT2D eigenvalue weighted by atomic mass is 10.1. The van der Waals surface area contributed by atoms with E-state index in [-0.39, 0.29) is 22.9 Å². The maximum atomic E-state index is 12.6. The van der Waals surface area contributed by atoms with Gasteiger partial charge in [-0.05, 0) is 43.2 Å². The summed E-state index contributed by atoms with van der Waals surface area (Å²) in [7, 11) is -3.75. The van der Waals surface area contributed by atoms with Crippen molar-refractivity contribution in [3.05, 3.63) is 59.7 Å². The minimum atomic E-state index is -3.75. The number of esters is 1. The van der Waals surface area contributed by atoms with Crippen LogP contribution in [0.3, 0.4) is 0 Å². The number of aromatic nitrogens is 3. The van der Waals surface area contributed by atoms with Gasteiger partial charge in [0, 0.05) is 6.54 Å². The number of ether oxygens (including phenoxy) is 1. The lowest BCUT2D eigenvalue weighted by Crippen LogP contribution is -2.12. The number of carbonyl (C=O) groups is 1. The summed E-state index contributed by atoms with van der Waals surface area (Å²) >= 11 is 0. The zero-order valence-electron chi connectivity index (χ0n) is 16.8. The number of benzene rings is 2. The number of aryl methyl sites for hydroxylation is 2. The molecule has 9 nitrogen and oxygen atoms in total. The van der Waals surface area contributed by atoms with Gasteiger partial charge in [-0.25, -0.2) is 28.3 Å². The number of fused-ring (bicyclic) bond motifs is 2. The second kappa shape index (κ2) is 7.97. The zero-order chi connectivity index (χ0) is 22.2. The van der Waals surface area contributed by atoms with Crippen molar-refractivity contribution >= 4 is 44.0 Å². The maximum absolute atomic E-state index is 12.6. The first-order valence-corrected chi connectivity index (χ1v) is 11.2. The van der Waals surface area contributed by atoms with Gasteiger partial charge in [0.15, 0.2) is 5.65 Å². The smallest absolute Gasteiger partial charge is 0.344 e. The van der Waals surface area contributed by atoms with Gasteiger partial charge in [-0.3, -0.25) is 0 Å². The normalized spacial score (nSPS) is 11.8. The molecule has 4 aromatic rings. The number of nitrogens with zero attached hydrogens (tertiary/aromatic N) is 3. The molecule has 0 saturated carbocycles. The predicted molar refractivity (Wildman–Crippen MR) is 117 cm³/mol. The molecule has 0 bridgehead atoms. The Morgan fingerprint density at radius 3 is 2.32 bits per heavy atom. The van der Waals surface area contributed by atoms with E-state index in [9.17, 15) is 13.2 Å². The fraction of sp³-hybridized carbons (Fsp3) is 0.190. The Balaban J connectivity index is 1.76. The monoisotopic (exact) mass is 439 g/mol. The van der Waals surface area contributed by atoms with Crippen molar-refractivity contribution in [2.75, 3.05) is 12.3 Å². The molecule has 31 heavy (non-hydrogen) atoms. The first-order chi connectivity index (χ1) is 14.8. The van der Waals surface area contributed by atoms with Crippen LogP contribution in [0.1, 0.15) is 22.8 Å². The molecule has 2 aromatic heterocycles. The molecule has 0 aliphatic heterocycles. The highest BCUT2D eigenvalue weighted by molar-refractivity contribution is 7.89. The fourth-order valence-electron chi connectivity index (χ4n) is 3.43. The number of sulfonamides is 1. The third-order valence-corrected chi connectivity index (χ3v) is 5.88. The van der Waals surface area contributed by atoms with E-state index in [1.54, 1.807) is 23.6 Å². The summed E-state index contributed by atoms with van der Waals surface area (Å²) in [5, 5.41) is 5.15. The summed E-state index contributed by atoms with van der Waals surface area (Å²) < 4.78 is 29.8. The third-order valence-electron chi connectivity index (χ3n) is 4.95. The summed E-state index contributed by atoms with van der Waals surface area (Å²) in [6.45, 7) is 2.34. The molecule has 0 amide bonds. The molecule has 0 unspecified atom stereocenters. The van der Waals surface area contributed by atoms with E-state index < -0.39 is 16.0 Å². The van der Waals surface area contributed by atoms with Crippen LogP contribution in [0, 0.1) is 0 Å². The fourth-order valence-corrected chi connectivity index (χ4v) is 3.95. The van der Waals surface area contributed by atoms with Gasteiger partial charge in [0.1, 0.15) is 16.9 Å². The van der Waals surface area contributed by atoms with E-state index in [4.69, 9.17) is 15.6 Å². The Hall–Kier alpha value is -3.50. The summed E-state index contributed by atoms with van der Waals surface area (Å²) in [6, 6.07) is 13.7. The Kier molecular flexibility index (Phi) is 5.34. The standard InChI is InChI=1S/C21H21N5O4S/c1-2-30-21(27)17-18-20(25-16-6-4-3-5-15(16)24-18)26(19(17)22)12-11-13-7-9-14(10-8-13)31(23,28)29/h3-10H,2,11-12,22H2,1H3,(H2,23,28,29). The lowest BCUT2D eigenvalue weighted by molar-refractivity contribution is 0.0529. The molecule has 4 rings (SSSR count). The van der Waals surface area contributed by atoms with Crippen LogP contribution in [-0.4, -0.2) is 35.5 Å². The molecule has 0 aliphatic rings. The third kappa shape index (κ3) is 3.94. The molecule has 0 radical (unpaired) electrons. The van der Waals surface area contributed by atoms with Crippen LogP contribution in [-0.2, 0) is 27.7 Å². The van der Waals surface area contributed by atoms with E-state index in [2.05, 4.69) is 9.97 Å². The Labute approximate surface area is 178 Å². The van der Waals surface area contributed by atoms with Crippen LogP contribution < -0.4 is 10.9 Å². The molecule has 2 heterocycles. The van der Waals surface area contributed by atoms with Crippen molar-refractivity contribution < 1.29 is 17.9 Å². The summed E-state index contributed by atoms with van der Waals surface area (Å²) in [4.78, 5) is 21.9. The topological polar surface area (TPSA) is 143 Å². The Morgan fingerprint density at radius 1 is 1.06 bits per heavy atom. The van der Waals surface area contributed by atoms with E-state index >= 15 is 0 Å². The minimum absolute atomic E-state index is 0.0455. The SMILES string of the molecule is CCOC(=O)c1c(N)n(CCc2ccc(S(N)(=O)=O)cc2)c2nc3ccccc3nc12. The summed E-state index contributed by atoms with van der Waals surface area (Å²) in [5.41, 5.74) is 9.62. The Bertz CT molecular complexity index is 1400. The van der Waals surface area contributed by atoms with Crippen molar-refractivity contribution in [3.8, 4) is 0 Å². The molecule has 0 aliphatic carbocycles. The zero-order valence-corrected chi connectivity index (χ0v) is 17.6. The van der Waals surface area contributed by atoms with Crippen molar-refractivity contribution in [3.63, 3.8) is 0 Å². The highest BCUT2D eigenvalue weighted by atomic mass is 32.2. The van der Waals surface area contributed by atoms with Crippen LogP contribution in [0.4, 0.5) is 5.82 Å². The van der Waals surface area contributed by atoms with Gasteiger partial charge in [0.05, 0.1) is 22.5 Å². The molecular formula is C21H21N5O4S. The molecular weight excluding hydrogens is 418 g/mol. The molecule has 0 spiro atoms. The molecule has 10 heteroatoms. The van der Waals surface area contributed by atoms with E-state index in [0.29, 0.717) is 35.2 Å². The average molecular weight is 439 g/mol. The van der Waals surface area contributed by atoms with E-state index in [1.165, 1.54) is 12.1 Å². The van der Waals surface area contributed by atoms with Crippen molar-refractivity contribution in [1.29, 1.82) is 0 Å². The van der Waals surface area contributed by atoms with Crippen molar-refractivity contribution in [2.45, 2.75) is 24.8 Å². The molecule has 0 fully saturated rings. The largest absolute Gasteiger partial charge is 0.462 e. The number of nitrogens with two attached hydrogens (primary N) is 2. The molecule has 0 saturated heterocycles. The average Bonchev–Trinajstić information content (AvgIpc) is 3.00. The number of para-hydroxylation sites is 2. The van der Waals surface area contributed by atoms with Gasteiger partial charge in [-0.1, -0.05) is 24.3 Å². The van der Waals surface area contributed by atoms with Gasteiger partial charge in [0.2, 0.25) is 10.0 Å². The molecule has 2 aromatic carbocycles. The number of anilines is 1. The Morgan fingerprint density at radius 2 is 1.71 bits per heavy atom. The highest BCUT2D eigenvalue weighted by Gasteiger charge is 2.24. The second-order valence-electron chi connectivity index (χ2n) is 6.96. The van der Waals surface area contributed by atoms with Crippen LogP contribution >= 0.6 is 0 Å². The summed E-state index contributed by atoms with van der Waals surface area (Å²) in [5.74, 6) is -0.323. The van der Waals surface area contributed by atoms with Crippen LogP contribution in [0.15, 0.2) is 53.4 Å². The van der Waals surface area contributed by atoms with E-state index in [1.807, 2.05) is 24.3 Å². The van der Waals surface area contributed by atoms with Gasteiger partial charge in [-0.2, -0.15) is 0 Å². The van der Waals surface area contributed by atoms with Gasteiger partial charge in [0.25, 0.3) is 0 Å². The number of hydrogen-bond acceptors (Lipinski definition) is 7. The van der Waals surface area contributed by atoms with E-state index in [0.717, 1.165) is 5.56 Å². The number of rotatable bonds is 6. The van der Waals surface area contributed by atoms with Gasteiger partial charge in [-0.15, -0.1) is 0 Å². The highest BCUT2D eigenvalue weighted by Crippen LogP contribution is 2.29. The molecule has 160 valence electrons. The quantitative estimate of drug-likeness (QED) is 0.438. The second-order valence-corrected chi connectivity index (χ2v) is 8.52. The van der Waals surface area contributed by atoms with Crippen LogP contribution in [0.25, 0.3) is 22.2 Å². The first kappa shape index (κ1) is 20.8. The van der Waals surface area contributed by atoms with Crippen molar-refractivity contribution in [2.24, 2.45) is 5.14 Å². The maximum Gasteiger partial charge on any atom is 0.344 e. The number of primary sulfonamides is 1. The predicted octanol–water partition coefficient (Wildman–Crippen LogP) is 2.23. The lowest BCUT2D eigenvalue weighted by Gasteiger charge is -2.08. The first-order valence-electron chi connectivity index (χ1n) is 9.63. The van der Waals surface area contributed by atoms with Gasteiger partial charge < -0.3 is 15.0 Å². The molecule has 0 atom stereocenters. The number of hydrogen-bond donors (Lipinski definition) is 2. The number of carbonyl (C=O) groups excluding carboxylic acids is 1. The minimum Gasteiger partial charge on any atom is -0.462 e. The number of nitrogen functional groups attached to an aromatic ring is 1. The van der Waals surface area contributed by atoms with Gasteiger partial charge >= 0.3 is 5.97 Å². The summed E-state index contributed by atoms with van der Waals surface area (Å²) in [6.07, 6.45) is 0.523. The van der Waals surface area contributed by atoms with Crippen LogP contribution in [0.2, 0.25) is 0 Å².